The largest absolute Gasteiger partial charge is 0.445 e. The summed E-state index contributed by atoms with van der Waals surface area (Å²) in [5.74, 6) is 0. The molecule has 1 aromatic rings. The van der Waals surface area contributed by atoms with Crippen LogP contribution in [0.25, 0.3) is 0 Å². The van der Waals surface area contributed by atoms with Crippen molar-refractivity contribution in [2.45, 2.75) is 44.4 Å². The van der Waals surface area contributed by atoms with E-state index in [1.807, 2.05) is 30.3 Å². The van der Waals surface area contributed by atoms with Gasteiger partial charge in [-0.05, 0) is 31.2 Å². The third kappa shape index (κ3) is 5.91. The lowest BCUT2D eigenvalue weighted by molar-refractivity contribution is 0.132. The van der Waals surface area contributed by atoms with Crippen LogP contribution in [0.5, 0.6) is 0 Å². The second-order valence-corrected chi connectivity index (χ2v) is 6.15. The van der Waals surface area contributed by atoms with E-state index in [2.05, 4.69) is 10.6 Å². The van der Waals surface area contributed by atoms with Gasteiger partial charge in [0.15, 0.2) is 0 Å². The quantitative estimate of drug-likeness (QED) is 0.461. The first-order chi connectivity index (χ1) is 10.1. The van der Waals surface area contributed by atoms with E-state index in [9.17, 15) is 9.59 Å². The van der Waals surface area contributed by atoms with E-state index in [1.165, 1.54) is 0 Å². The third-order valence-corrected chi connectivity index (χ3v) is 3.89. The Labute approximate surface area is 138 Å². The predicted molar refractivity (Wildman–Crippen MR) is 88.4 cm³/mol. The van der Waals surface area contributed by atoms with E-state index in [4.69, 9.17) is 4.74 Å². The van der Waals surface area contributed by atoms with Gasteiger partial charge in [-0.15, -0.1) is 0 Å². The maximum Gasteiger partial charge on any atom is 0.407 e. The van der Waals surface area contributed by atoms with Crippen LogP contribution >= 0.6 is 22.6 Å². The summed E-state index contributed by atoms with van der Waals surface area (Å²) in [5.41, 5.74) is 0.973. The zero-order valence-electron chi connectivity index (χ0n) is 11.7. The van der Waals surface area contributed by atoms with Crippen molar-refractivity contribution in [3.8, 4) is 0 Å². The zero-order chi connectivity index (χ0) is 15.1. The van der Waals surface area contributed by atoms with E-state index in [1.54, 1.807) is 22.6 Å². The summed E-state index contributed by atoms with van der Waals surface area (Å²) in [5, 5.41) is 5.79. The van der Waals surface area contributed by atoms with Crippen LogP contribution in [0.3, 0.4) is 0 Å². The first-order valence-electron chi connectivity index (χ1n) is 7.06. The number of carbonyl (C=O) groups excluding carboxylic acids is 2. The summed E-state index contributed by atoms with van der Waals surface area (Å²) < 4.78 is 5.18. The number of halogens is 1. The SMILES string of the molecule is O=C(I)NC1CCC(NC(=O)OCc2ccccc2)CC1. The standard InChI is InChI=1S/C15H19IN2O3/c16-14(19)17-12-6-8-13(9-7-12)18-15(20)21-10-11-4-2-1-3-5-11/h1-5,12-13H,6-10H2,(H,17,19)(H,18,20). The van der Waals surface area contributed by atoms with Crippen molar-refractivity contribution >= 4 is 32.6 Å². The fourth-order valence-corrected chi connectivity index (χ4v) is 2.91. The van der Waals surface area contributed by atoms with Crippen molar-refractivity contribution in [3.63, 3.8) is 0 Å². The van der Waals surface area contributed by atoms with Gasteiger partial charge in [-0.1, -0.05) is 30.3 Å². The fraction of sp³-hybridized carbons (Fsp3) is 0.467. The lowest BCUT2D eigenvalue weighted by Gasteiger charge is -2.28. The van der Waals surface area contributed by atoms with Crippen molar-refractivity contribution in [1.29, 1.82) is 0 Å². The Morgan fingerprint density at radius 3 is 2.19 bits per heavy atom. The number of rotatable bonds is 4. The lowest BCUT2D eigenvalue weighted by atomic mass is 9.91. The van der Waals surface area contributed by atoms with Crippen molar-refractivity contribution in [3.05, 3.63) is 35.9 Å². The molecule has 21 heavy (non-hydrogen) atoms. The lowest BCUT2D eigenvalue weighted by Crippen LogP contribution is -2.42. The van der Waals surface area contributed by atoms with Crippen molar-refractivity contribution in [2.24, 2.45) is 0 Å². The molecule has 2 N–H and O–H groups in total. The van der Waals surface area contributed by atoms with Crippen LogP contribution in [0.2, 0.25) is 0 Å². The maximum absolute atomic E-state index is 11.7. The number of hydrogen-bond donors (Lipinski definition) is 2. The Morgan fingerprint density at radius 2 is 1.62 bits per heavy atom. The second-order valence-electron chi connectivity index (χ2n) is 5.17. The van der Waals surface area contributed by atoms with Gasteiger partial charge in [-0.2, -0.15) is 0 Å². The molecule has 1 aliphatic rings. The van der Waals surface area contributed by atoms with Crippen molar-refractivity contribution in [2.75, 3.05) is 0 Å². The highest BCUT2D eigenvalue weighted by Crippen LogP contribution is 2.19. The summed E-state index contributed by atoms with van der Waals surface area (Å²) in [6.45, 7) is 0.285. The van der Waals surface area contributed by atoms with Gasteiger partial charge in [0.05, 0.1) is 0 Å². The molecule has 0 spiro atoms. The molecule has 5 nitrogen and oxygen atoms in total. The number of hydrogen-bond acceptors (Lipinski definition) is 3. The first kappa shape index (κ1) is 16.1. The molecule has 0 atom stereocenters. The molecule has 1 aromatic carbocycles. The van der Waals surface area contributed by atoms with Crippen LogP contribution in [0.1, 0.15) is 31.2 Å². The van der Waals surface area contributed by atoms with Crippen LogP contribution < -0.4 is 10.6 Å². The van der Waals surface area contributed by atoms with Gasteiger partial charge >= 0.3 is 6.09 Å². The Balaban J connectivity index is 1.66. The molecule has 1 saturated carbocycles. The summed E-state index contributed by atoms with van der Waals surface area (Å²) >= 11 is 1.75. The number of alkyl carbamates (subject to hydrolysis) is 1. The Kier molecular flexibility index (Phi) is 6.28. The average molecular weight is 402 g/mol. The highest BCUT2D eigenvalue weighted by atomic mass is 127. The van der Waals surface area contributed by atoms with Crippen LogP contribution in [-0.4, -0.2) is 22.1 Å². The van der Waals surface area contributed by atoms with Gasteiger partial charge in [0.1, 0.15) is 6.61 Å². The zero-order valence-corrected chi connectivity index (χ0v) is 13.8. The topological polar surface area (TPSA) is 67.4 Å². The highest BCUT2D eigenvalue weighted by Gasteiger charge is 2.23. The maximum atomic E-state index is 11.7. The van der Waals surface area contributed by atoms with Gasteiger partial charge in [0.25, 0.3) is 3.91 Å². The molecule has 2 rings (SSSR count). The molecule has 0 saturated heterocycles. The molecular weight excluding hydrogens is 383 g/mol. The van der Waals surface area contributed by atoms with E-state index in [0.29, 0.717) is 0 Å². The third-order valence-electron chi connectivity index (χ3n) is 3.58. The van der Waals surface area contributed by atoms with Gasteiger partial charge in [-0.25, -0.2) is 4.79 Å². The molecule has 0 unspecified atom stereocenters. The number of nitrogens with one attached hydrogen (secondary N) is 2. The van der Waals surface area contributed by atoms with Crippen LogP contribution in [-0.2, 0) is 11.3 Å². The van der Waals surface area contributed by atoms with E-state index in [-0.39, 0.29) is 28.7 Å². The molecule has 114 valence electrons. The molecule has 0 aromatic heterocycles. The molecule has 0 heterocycles. The Hall–Kier alpha value is -1.31. The van der Waals surface area contributed by atoms with Crippen molar-refractivity contribution < 1.29 is 14.3 Å². The van der Waals surface area contributed by atoms with Gasteiger partial charge in [0.2, 0.25) is 0 Å². The molecule has 1 aliphatic carbocycles. The summed E-state index contributed by atoms with van der Waals surface area (Å²) in [6, 6.07) is 9.97. The molecule has 0 radical (unpaired) electrons. The molecular formula is C15H19IN2O3. The summed E-state index contributed by atoms with van der Waals surface area (Å²) in [6.07, 6.45) is 3.13. The van der Waals surface area contributed by atoms with Gasteiger partial charge < -0.3 is 15.4 Å². The molecule has 6 heteroatoms. The molecule has 0 bridgehead atoms. The molecule has 1 fully saturated rings. The van der Waals surface area contributed by atoms with Gasteiger partial charge in [0, 0.05) is 34.7 Å². The summed E-state index contributed by atoms with van der Waals surface area (Å²) in [4.78, 5) is 22.7. The minimum Gasteiger partial charge on any atom is -0.445 e. The average Bonchev–Trinajstić information content (AvgIpc) is 2.48. The molecule has 0 aliphatic heterocycles. The first-order valence-corrected chi connectivity index (χ1v) is 8.14. The highest BCUT2D eigenvalue weighted by molar-refractivity contribution is 14.1. The van der Waals surface area contributed by atoms with E-state index < -0.39 is 0 Å². The Bertz CT molecular complexity index is 473. The minimum absolute atomic E-state index is 0.0220. The Morgan fingerprint density at radius 1 is 1.05 bits per heavy atom. The van der Waals surface area contributed by atoms with Crippen LogP contribution in [0, 0.1) is 0 Å². The smallest absolute Gasteiger partial charge is 0.407 e. The minimum atomic E-state index is -0.375. The van der Waals surface area contributed by atoms with E-state index in [0.717, 1.165) is 31.2 Å². The molecule has 2 amide bonds. The van der Waals surface area contributed by atoms with E-state index >= 15 is 0 Å². The fourth-order valence-electron chi connectivity index (χ4n) is 2.47. The number of benzene rings is 1. The number of amides is 2. The van der Waals surface area contributed by atoms with Gasteiger partial charge in [-0.3, -0.25) is 4.79 Å². The number of ether oxygens (including phenoxy) is 1. The van der Waals surface area contributed by atoms with Crippen LogP contribution in [0.4, 0.5) is 9.59 Å². The predicted octanol–water partition coefficient (Wildman–Crippen LogP) is 3.37. The van der Waals surface area contributed by atoms with Crippen LogP contribution in [0.15, 0.2) is 30.3 Å². The monoisotopic (exact) mass is 402 g/mol. The second kappa shape index (κ2) is 8.21. The summed E-state index contributed by atoms with van der Waals surface area (Å²) in [7, 11) is 0. The number of carbonyl (C=O) groups is 2. The van der Waals surface area contributed by atoms with Crippen molar-refractivity contribution in [1.82, 2.24) is 10.6 Å². The normalized spacial score (nSPS) is 21.4.